The van der Waals surface area contributed by atoms with E-state index in [2.05, 4.69) is 20.3 Å². The quantitative estimate of drug-likeness (QED) is 0.345. The van der Waals surface area contributed by atoms with Crippen LogP contribution in [0.3, 0.4) is 0 Å². The smallest absolute Gasteiger partial charge is 0.316 e. The number of amides is 1. The monoisotopic (exact) mass is 458 g/mol. The summed E-state index contributed by atoms with van der Waals surface area (Å²) in [4.78, 5) is 23.7. The van der Waals surface area contributed by atoms with E-state index < -0.39 is 28.4 Å². The zero-order valence-electron chi connectivity index (χ0n) is 16.4. The van der Waals surface area contributed by atoms with E-state index in [0.29, 0.717) is 10.0 Å². The summed E-state index contributed by atoms with van der Waals surface area (Å²) in [5, 5.41) is 10.5. The lowest BCUT2D eigenvalue weighted by Crippen LogP contribution is -2.38. The molecule has 0 aliphatic heterocycles. The van der Waals surface area contributed by atoms with Crippen LogP contribution >= 0.6 is 23.1 Å². The zero-order valence-corrected chi connectivity index (χ0v) is 18.9. The topological polar surface area (TPSA) is 119 Å². The lowest BCUT2D eigenvalue weighted by Gasteiger charge is -2.25. The van der Waals surface area contributed by atoms with Crippen LogP contribution < -0.4 is 9.62 Å². The van der Waals surface area contributed by atoms with Crippen molar-refractivity contribution in [3.63, 3.8) is 0 Å². The Hall–Kier alpha value is -2.18. The number of nitrogens with zero attached hydrogens (tertiary/aromatic N) is 3. The molecule has 0 spiro atoms. The summed E-state index contributed by atoms with van der Waals surface area (Å²) >= 11 is 2.22. The van der Waals surface area contributed by atoms with E-state index >= 15 is 0 Å². The number of nitrogens with one attached hydrogen (secondary N) is 1. The number of carbonyl (C=O) groups is 2. The predicted molar refractivity (Wildman–Crippen MR) is 114 cm³/mol. The molecule has 1 aromatic heterocycles. The Morgan fingerprint density at radius 3 is 2.59 bits per heavy atom. The predicted octanol–water partition coefficient (Wildman–Crippen LogP) is 2.33. The number of methoxy groups -OCH3 is 1. The van der Waals surface area contributed by atoms with Gasteiger partial charge in [-0.25, -0.2) is 8.42 Å². The Bertz CT molecular complexity index is 975. The molecule has 1 N–H and O–H groups in total. The molecule has 1 aromatic carbocycles. The van der Waals surface area contributed by atoms with Crippen molar-refractivity contribution in [2.45, 2.75) is 24.1 Å². The van der Waals surface area contributed by atoms with Gasteiger partial charge in [0.05, 0.1) is 24.8 Å². The molecular weight excluding hydrogens is 436 g/mol. The average Bonchev–Trinajstić information content (AvgIpc) is 3.10. The van der Waals surface area contributed by atoms with Crippen LogP contribution in [0.5, 0.6) is 0 Å². The molecule has 0 fully saturated rings. The van der Waals surface area contributed by atoms with E-state index in [4.69, 9.17) is 0 Å². The average molecular weight is 459 g/mol. The van der Waals surface area contributed by atoms with E-state index in [1.807, 2.05) is 26.0 Å². The summed E-state index contributed by atoms with van der Waals surface area (Å²) in [5.74, 6) is -0.790. The number of rotatable bonds is 9. The van der Waals surface area contributed by atoms with Crippen LogP contribution in [0.2, 0.25) is 0 Å². The summed E-state index contributed by atoms with van der Waals surface area (Å²) in [6.07, 6.45) is 1.06. The molecule has 0 aliphatic carbocycles. The van der Waals surface area contributed by atoms with Crippen molar-refractivity contribution in [1.29, 1.82) is 0 Å². The van der Waals surface area contributed by atoms with Crippen LogP contribution in [0.25, 0.3) is 0 Å². The second kappa shape index (κ2) is 10.0. The Kier molecular flexibility index (Phi) is 7.99. The molecular formula is C17H22N4O5S3. The first-order valence-corrected chi connectivity index (χ1v) is 12.2. The zero-order chi connectivity index (χ0) is 21.6. The Morgan fingerprint density at radius 2 is 1.97 bits per heavy atom. The number of hydrogen-bond acceptors (Lipinski definition) is 9. The maximum Gasteiger partial charge on any atom is 0.316 e. The number of carbonyl (C=O) groups excluding carboxylic acids is 2. The van der Waals surface area contributed by atoms with Gasteiger partial charge in [-0.15, -0.1) is 10.2 Å². The highest BCUT2D eigenvalue weighted by Crippen LogP contribution is 2.29. The minimum Gasteiger partial charge on any atom is -0.468 e. The van der Waals surface area contributed by atoms with Crippen LogP contribution in [0, 0.1) is 0 Å². The fourth-order valence-corrected chi connectivity index (χ4v) is 4.85. The van der Waals surface area contributed by atoms with Crippen LogP contribution in [0.1, 0.15) is 25.3 Å². The summed E-state index contributed by atoms with van der Waals surface area (Å²) in [6, 6.07) is 7.07. The van der Waals surface area contributed by atoms with Gasteiger partial charge in [-0.2, -0.15) is 0 Å². The second-order valence-electron chi connectivity index (χ2n) is 6.27. The van der Waals surface area contributed by atoms with Crippen molar-refractivity contribution in [1.82, 2.24) is 10.2 Å². The highest BCUT2D eigenvalue weighted by molar-refractivity contribution is 8.01. The molecule has 2 rings (SSSR count). The normalized spacial score (nSPS) is 11.3. The minimum absolute atomic E-state index is 0.0763. The first-order chi connectivity index (χ1) is 13.6. The number of para-hydroxylation sites is 1. The van der Waals surface area contributed by atoms with Crippen molar-refractivity contribution >= 4 is 55.8 Å². The lowest BCUT2D eigenvalue weighted by atomic mass is 10.0. The van der Waals surface area contributed by atoms with E-state index in [0.717, 1.165) is 39.2 Å². The van der Waals surface area contributed by atoms with Gasteiger partial charge in [0.15, 0.2) is 4.34 Å². The number of thioether (sulfide) groups is 1. The number of esters is 1. The van der Waals surface area contributed by atoms with Gasteiger partial charge in [0.1, 0.15) is 6.54 Å². The third-order valence-electron chi connectivity index (χ3n) is 3.71. The first-order valence-electron chi connectivity index (χ1n) is 8.51. The molecule has 9 nitrogen and oxygen atoms in total. The minimum atomic E-state index is -3.69. The Labute approximate surface area is 177 Å². The van der Waals surface area contributed by atoms with Crippen LogP contribution in [-0.2, 0) is 24.3 Å². The lowest BCUT2D eigenvalue weighted by molar-refractivity contribution is -0.137. The molecule has 0 saturated carbocycles. The van der Waals surface area contributed by atoms with Crippen LogP contribution in [-0.4, -0.2) is 56.2 Å². The van der Waals surface area contributed by atoms with Crippen LogP contribution in [0.15, 0.2) is 28.6 Å². The standard InChI is InChI=1S/C17H22N4O5S3/c1-11(2)12-7-5-6-8-13(12)21(29(4,24)25)9-14(22)18-16-19-20-17(28-16)27-10-15(23)26-3/h5-8,11H,9-10H2,1-4H3,(H,18,19,22). The SMILES string of the molecule is COC(=O)CSc1nnc(NC(=O)CN(c2ccccc2C(C)C)S(C)(=O)=O)s1. The summed E-state index contributed by atoms with van der Waals surface area (Å²) in [6.45, 7) is 3.51. The van der Waals surface area contributed by atoms with Crippen LogP contribution in [0.4, 0.5) is 10.8 Å². The van der Waals surface area contributed by atoms with Gasteiger partial charge in [-0.05, 0) is 17.5 Å². The van der Waals surface area contributed by atoms with Gasteiger partial charge in [0, 0.05) is 0 Å². The molecule has 2 aromatic rings. The molecule has 29 heavy (non-hydrogen) atoms. The van der Waals surface area contributed by atoms with E-state index in [-0.39, 0.29) is 16.8 Å². The van der Waals surface area contributed by atoms with E-state index in [1.165, 1.54) is 7.11 Å². The number of benzene rings is 1. The van der Waals surface area contributed by atoms with E-state index in [9.17, 15) is 18.0 Å². The summed E-state index contributed by atoms with van der Waals surface area (Å²) < 4.78 is 30.8. The molecule has 0 atom stereocenters. The molecule has 0 radical (unpaired) electrons. The van der Waals surface area contributed by atoms with Crippen molar-refractivity contribution in [3.05, 3.63) is 29.8 Å². The molecule has 158 valence electrons. The molecule has 0 bridgehead atoms. The second-order valence-corrected chi connectivity index (χ2v) is 10.4. The van der Waals surface area contributed by atoms with Gasteiger partial charge in [-0.1, -0.05) is 55.1 Å². The van der Waals surface area contributed by atoms with Crippen molar-refractivity contribution in [2.24, 2.45) is 0 Å². The number of ether oxygens (including phenoxy) is 1. The molecule has 0 unspecified atom stereocenters. The van der Waals surface area contributed by atoms with E-state index in [1.54, 1.807) is 12.1 Å². The Morgan fingerprint density at radius 1 is 1.28 bits per heavy atom. The molecule has 1 heterocycles. The highest BCUT2D eigenvalue weighted by Gasteiger charge is 2.24. The van der Waals surface area contributed by atoms with Gasteiger partial charge in [-0.3, -0.25) is 19.2 Å². The van der Waals surface area contributed by atoms with Gasteiger partial charge in [0.2, 0.25) is 21.1 Å². The number of hydrogen-bond donors (Lipinski definition) is 1. The maximum atomic E-state index is 12.5. The maximum absolute atomic E-state index is 12.5. The molecule has 0 saturated heterocycles. The first kappa shape index (κ1) is 23.1. The third-order valence-corrected chi connectivity index (χ3v) is 6.78. The number of anilines is 2. The fourth-order valence-electron chi connectivity index (χ4n) is 2.37. The highest BCUT2D eigenvalue weighted by atomic mass is 32.2. The van der Waals surface area contributed by atoms with Crippen molar-refractivity contribution in [2.75, 3.05) is 35.3 Å². The van der Waals surface area contributed by atoms with Gasteiger partial charge < -0.3 is 4.74 Å². The summed E-state index contributed by atoms with van der Waals surface area (Å²) in [5.41, 5.74) is 1.29. The summed E-state index contributed by atoms with van der Waals surface area (Å²) in [7, 11) is -2.40. The largest absolute Gasteiger partial charge is 0.468 e. The third kappa shape index (κ3) is 6.68. The molecule has 1 amide bonds. The molecule has 12 heteroatoms. The fraction of sp³-hybridized carbons (Fsp3) is 0.412. The van der Waals surface area contributed by atoms with Gasteiger partial charge >= 0.3 is 5.97 Å². The van der Waals surface area contributed by atoms with Crippen molar-refractivity contribution < 1.29 is 22.7 Å². The Balaban J connectivity index is 2.13. The van der Waals surface area contributed by atoms with Crippen molar-refractivity contribution in [3.8, 4) is 0 Å². The van der Waals surface area contributed by atoms with Gasteiger partial charge in [0.25, 0.3) is 0 Å². The number of aromatic nitrogens is 2. The number of sulfonamides is 1. The molecule has 0 aliphatic rings.